The third-order valence-electron chi connectivity index (χ3n) is 2.81. The van der Waals surface area contributed by atoms with Gasteiger partial charge in [0.05, 0.1) is 0 Å². The van der Waals surface area contributed by atoms with E-state index in [1.54, 1.807) is 0 Å². The van der Waals surface area contributed by atoms with Crippen molar-refractivity contribution < 1.29 is 0 Å². The van der Waals surface area contributed by atoms with Crippen LogP contribution in [0.15, 0.2) is 0 Å². The predicted octanol–water partition coefficient (Wildman–Crippen LogP) is 1.34. The summed E-state index contributed by atoms with van der Waals surface area (Å²) in [7, 11) is 6.44. The molecule has 2 N–H and O–H groups in total. The van der Waals surface area contributed by atoms with Gasteiger partial charge in [-0.15, -0.1) is 0 Å². The third-order valence-corrected chi connectivity index (χ3v) is 3.74. The second-order valence-electron chi connectivity index (χ2n) is 4.51. The number of rotatable bonds is 10. The first kappa shape index (κ1) is 16.2. The van der Waals surface area contributed by atoms with E-state index in [4.69, 9.17) is 5.73 Å². The van der Waals surface area contributed by atoms with E-state index in [0.29, 0.717) is 6.04 Å². The Balaban J connectivity index is 3.68. The zero-order chi connectivity index (χ0) is 12.4. The number of thioether (sulfide) groups is 1. The van der Waals surface area contributed by atoms with Crippen LogP contribution in [0.1, 0.15) is 19.8 Å². The van der Waals surface area contributed by atoms with Gasteiger partial charge in [-0.3, -0.25) is 0 Å². The lowest BCUT2D eigenvalue weighted by atomic mass is 10.2. The number of nitrogens with two attached hydrogens (primary N) is 1. The van der Waals surface area contributed by atoms with Gasteiger partial charge in [-0.1, -0.05) is 6.92 Å². The first-order chi connectivity index (χ1) is 7.61. The van der Waals surface area contributed by atoms with Gasteiger partial charge in [0.1, 0.15) is 0 Å². The molecule has 0 radical (unpaired) electrons. The molecule has 0 aliphatic heterocycles. The topological polar surface area (TPSA) is 32.5 Å². The van der Waals surface area contributed by atoms with Crippen LogP contribution in [-0.2, 0) is 0 Å². The summed E-state index contributed by atoms with van der Waals surface area (Å²) in [5.41, 5.74) is 5.83. The van der Waals surface area contributed by atoms with Crippen LogP contribution < -0.4 is 5.73 Å². The Kier molecular flexibility index (Phi) is 10.5. The maximum atomic E-state index is 5.83. The van der Waals surface area contributed by atoms with Crippen LogP contribution in [-0.4, -0.2) is 68.1 Å². The highest BCUT2D eigenvalue weighted by atomic mass is 32.2. The van der Waals surface area contributed by atoms with Crippen molar-refractivity contribution >= 4 is 11.8 Å². The monoisotopic (exact) mass is 247 g/mol. The van der Waals surface area contributed by atoms with E-state index in [-0.39, 0.29) is 0 Å². The standard InChI is InChI=1S/C12H29N3S/c1-5-16-10-7-12(11-13)15(4)9-6-8-14(2)3/h12H,5-11,13H2,1-4H3. The SMILES string of the molecule is CCSCCC(CN)N(C)CCCN(C)C. The fraction of sp³-hybridized carbons (Fsp3) is 1.00. The molecule has 0 aromatic rings. The first-order valence-electron chi connectivity index (χ1n) is 6.24. The Hall–Kier alpha value is 0.230. The molecule has 98 valence electrons. The molecule has 1 atom stereocenters. The molecule has 4 heteroatoms. The molecular weight excluding hydrogens is 218 g/mol. The molecule has 16 heavy (non-hydrogen) atoms. The predicted molar refractivity (Wildman–Crippen MR) is 76.3 cm³/mol. The highest BCUT2D eigenvalue weighted by Crippen LogP contribution is 2.08. The summed E-state index contributed by atoms with van der Waals surface area (Å²) < 4.78 is 0. The molecule has 0 aliphatic carbocycles. The van der Waals surface area contributed by atoms with Crippen molar-refractivity contribution in [3.05, 3.63) is 0 Å². The molecule has 0 aromatic heterocycles. The average molecular weight is 247 g/mol. The van der Waals surface area contributed by atoms with Crippen molar-refractivity contribution in [2.45, 2.75) is 25.8 Å². The molecule has 0 saturated carbocycles. The molecule has 0 aliphatic rings. The van der Waals surface area contributed by atoms with Gasteiger partial charge in [0, 0.05) is 12.6 Å². The fourth-order valence-corrected chi connectivity index (χ4v) is 2.43. The van der Waals surface area contributed by atoms with Crippen molar-refractivity contribution in [2.75, 3.05) is 52.3 Å². The maximum absolute atomic E-state index is 5.83. The minimum absolute atomic E-state index is 0.557. The van der Waals surface area contributed by atoms with E-state index in [0.717, 1.165) is 19.6 Å². The van der Waals surface area contributed by atoms with Crippen LogP contribution in [0.4, 0.5) is 0 Å². The molecule has 0 fully saturated rings. The van der Waals surface area contributed by atoms with E-state index >= 15 is 0 Å². The van der Waals surface area contributed by atoms with Gasteiger partial charge in [-0.05, 0) is 58.6 Å². The van der Waals surface area contributed by atoms with Gasteiger partial charge in [-0.25, -0.2) is 0 Å². The molecule has 0 aromatic carbocycles. The quantitative estimate of drug-likeness (QED) is 0.591. The Morgan fingerprint density at radius 2 is 1.88 bits per heavy atom. The van der Waals surface area contributed by atoms with E-state index in [1.165, 1.54) is 24.3 Å². The molecular formula is C12H29N3S. The van der Waals surface area contributed by atoms with Crippen LogP contribution in [0.2, 0.25) is 0 Å². The number of hydrogen-bond acceptors (Lipinski definition) is 4. The van der Waals surface area contributed by atoms with E-state index in [9.17, 15) is 0 Å². The molecule has 1 unspecified atom stereocenters. The molecule has 0 heterocycles. The second kappa shape index (κ2) is 10.4. The van der Waals surface area contributed by atoms with Crippen molar-refractivity contribution in [1.29, 1.82) is 0 Å². The van der Waals surface area contributed by atoms with Gasteiger partial charge in [0.2, 0.25) is 0 Å². The van der Waals surface area contributed by atoms with Crippen molar-refractivity contribution in [2.24, 2.45) is 5.73 Å². The maximum Gasteiger partial charge on any atom is 0.0223 e. The Labute approximate surface area is 106 Å². The highest BCUT2D eigenvalue weighted by molar-refractivity contribution is 7.99. The van der Waals surface area contributed by atoms with E-state index in [2.05, 4.69) is 37.9 Å². The van der Waals surface area contributed by atoms with Gasteiger partial charge >= 0.3 is 0 Å². The van der Waals surface area contributed by atoms with Gasteiger partial charge in [0.25, 0.3) is 0 Å². The lowest BCUT2D eigenvalue weighted by Gasteiger charge is -2.27. The lowest BCUT2D eigenvalue weighted by Crippen LogP contribution is -2.39. The minimum atomic E-state index is 0.557. The zero-order valence-electron chi connectivity index (χ0n) is 11.4. The van der Waals surface area contributed by atoms with E-state index < -0.39 is 0 Å². The summed E-state index contributed by atoms with van der Waals surface area (Å²) in [6.45, 7) is 5.30. The summed E-state index contributed by atoms with van der Waals surface area (Å²) in [5.74, 6) is 2.44. The highest BCUT2D eigenvalue weighted by Gasteiger charge is 2.12. The summed E-state index contributed by atoms with van der Waals surface area (Å²) in [6.07, 6.45) is 2.44. The van der Waals surface area contributed by atoms with E-state index in [1.807, 2.05) is 11.8 Å². The average Bonchev–Trinajstić information content (AvgIpc) is 2.23. The molecule has 0 rings (SSSR count). The normalized spacial score (nSPS) is 13.7. The van der Waals surface area contributed by atoms with Crippen LogP contribution in [0.5, 0.6) is 0 Å². The van der Waals surface area contributed by atoms with Crippen LogP contribution in [0, 0.1) is 0 Å². The molecule has 0 bridgehead atoms. The Bertz CT molecular complexity index is 153. The first-order valence-corrected chi connectivity index (χ1v) is 7.40. The second-order valence-corrected chi connectivity index (χ2v) is 5.91. The number of nitrogens with zero attached hydrogens (tertiary/aromatic N) is 2. The van der Waals surface area contributed by atoms with Gasteiger partial charge in [0.15, 0.2) is 0 Å². The summed E-state index contributed by atoms with van der Waals surface area (Å²) in [5, 5.41) is 0. The fourth-order valence-electron chi connectivity index (χ4n) is 1.70. The minimum Gasteiger partial charge on any atom is -0.329 e. The summed E-state index contributed by atoms with van der Waals surface area (Å²) in [6, 6.07) is 0.557. The van der Waals surface area contributed by atoms with Crippen LogP contribution in [0.3, 0.4) is 0 Å². The summed E-state index contributed by atoms with van der Waals surface area (Å²) >= 11 is 2.01. The van der Waals surface area contributed by atoms with Crippen molar-refractivity contribution in [3.8, 4) is 0 Å². The van der Waals surface area contributed by atoms with Crippen LogP contribution >= 0.6 is 11.8 Å². The zero-order valence-corrected chi connectivity index (χ0v) is 12.2. The summed E-state index contributed by atoms with van der Waals surface area (Å²) in [4.78, 5) is 4.65. The smallest absolute Gasteiger partial charge is 0.0223 e. The molecule has 3 nitrogen and oxygen atoms in total. The largest absolute Gasteiger partial charge is 0.329 e. The lowest BCUT2D eigenvalue weighted by molar-refractivity contribution is 0.229. The van der Waals surface area contributed by atoms with Crippen molar-refractivity contribution in [3.63, 3.8) is 0 Å². The molecule has 0 spiro atoms. The molecule has 0 saturated heterocycles. The van der Waals surface area contributed by atoms with Gasteiger partial charge < -0.3 is 15.5 Å². The third kappa shape index (κ3) is 8.39. The van der Waals surface area contributed by atoms with Crippen LogP contribution in [0.25, 0.3) is 0 Å². The van der Waals surface area contributed by atoms with Crippen molar-refractivity contribution in [1.82, 2.24) is 9.80 Å². The Morgan fingerprint density at radius 1 is 1.19 bits per heavy atom. The van der Waals surface area contributed by atoms with Gasteiger partial charge in [-0.2, -0.15) is 11.8 Å². The number of likely N-dealkylation sites (N-methyl/N-ethyl adjacent to an activating group) is 1. The molecule has 0 amide bonds. The Morgan fingerprint density at radius 3 is 2.38 bits per heavy atom. The number of hydrogen-bond donors (Lipinski definition) is 1.